The third kappa shape index (κ3) is 3.18. The average molecular weight is 210 g/mol. The minimum Gasteiger partial charge on any atom is -0.302 e. The number of hydrogen-bond donors (Lipinski definition) is 0. The second-order valence-electron chi connectivity index (χ2n) is 5.19. The standard InChI is InChI=1S/C13H26N2/c1-2-8-15-11-4-3-7-13(15)12-14-9-5-6-10-14/h13H,2-12H2,1H3. The molecule has 15 heavy (non-hydrogen) atoms. The van der Waals surface area contributed by atoms with Gasteiger partial charge in [-0.2, -0.15) is 0 Å². The van der Waals surface area contributed by atoms with Gasteiger partial charge in [0.2, 0.25) is 0 Å². The monoisotopic (exact) mass is 210 g/mol. The number of piperidine rings is 1. The molecule has 2 rings (SSSR count). The molecule has 2 aliphatic heterocycles. The Balaban J connectivity index is 1.80. The molecular weight excluding hydrogens is 184 g/mol. The minimum absolute atomic E-state index is 0.872. The summed E-state index contributed by atoms with van der Waals surface area (Å²) < 4.78 is 0. The third-order valence-electron chi connectivity index (χ3n) is 3.93. The zero-order chi connectivity index (χ0) is 10.5. The van der Waals surface area contributed by atoms with Gasteiger partial charge in [0.15, 0.2) is 0 Å². The molecule has 0 aromatic rings. The highest BCUT2D eigenvalue weighted by Gasteiger charge is 2.24. The van der Waals surface area contributed by atoms with Crippen molar-refractivity contribution in [2.45, 2.75) is 51.5 Å². The SMILES string of the molecule is CCCN1CCCCC1CN1CCCC1. The number of rotatable bonds is 4. The van der Waals surface area contributed by atoms with Gasteiger partial charge in [0.1, 0.15) is 0 Å². The molecule has 0 N–H and O–H groups in total. The summed E-state index contributed by atoms with van der Waals surface area (Å²) in [5.41, 5.74) is 0. The molecule has 2 heterocycles. The van der Waals surface area contributed by atoms with Gasteiger partial charge in [-0.05, 0) is 58.3 Å². The highest BCUT2D eigenvalue weighted by molar-refractivity contribution is 4.81. The number of nitrogens with zero attached hydrogens (tertiary/aromatic N) is 2. The molecule has 2 saturated heterocycles. The molecule has 0 spiro atoms. The van der Waals surface area contributed by atoms with E-state index in [-0.39, 0.29) is 0 Å². The summed E-state index contributed by atoms with van der Waals surface area (Å²) in [5, 5.41) is 0. The maximum Gasteiger partial charge on any atom is 0.0223 e. The molecule has 0 radical (unpaired) electrons. The van der Waals surface area contributed by atoms with Crippen LogP contribution in [0.4, 0.5) is 0 Å². The highest BCUT2D eigenvalue weighted by Crippen LogP contribution is 2.19. The summed E-state index contributed by atoms with van der Waals surface area (Å²) in [6, 6.07) is 0.872. The zero-order valence-electron chi connectivity index (χ0n) is 10.2. The molecule has 2 heteroatoms. The predicted octanol–water partition coefficient (Wildman–Crippen LogP) is 2.35. The summed E-state index contributed by atoms with van der Waals surface area (Å²) in [5.74, 6) is 0. The van der Waals surface area contributed by atoms with Crippen molar-refractivity contribution in [3.63, 3.8) is 0 Å². The molecule has 1 atom stereocenters. The maximum atomic E-state index is 2.74. The van der Waals surface area contributed by atoms with Crippen LogP contribution < -0.4 is 0 Å². The van der Waals surface area contributed by atoms with E-state index in [2.05, 4.69) is 16.7 Å². The lowest BCUT2D eigenvalue weighted by atomic mass is 10.0. The Morgan fingerprint density at radius 3 is 2.47 bits per heavy atom. The number of hydrogen-bond acceptors (Lipinski definition) is 2. The van der Waals surface area contributed by atoms with Crippen LogP contribution in [0.1, 0.15) is 45.4 Å². The van der Waals surface area contributed by atoms with Crippen LogP contribution >= 0.6 is 0 Å². The Morgan fingerprint density at radius 1 is 1.00 bits per heavy atom. The van der Waals surface area contributed by atoms with Crippen molar-refractivity contribution >= 4 is 0 Å². The topological polar surface area (TPSA) is 6.48 Å². The van der Waals surface area contributed by atoms with Crippen molar-refractivity contribution in [2.75, 3.05) is 32.7 Å². The predicted molar refractivity (Wildman–Crippen MR) is 65.2 cm³/mol. The Labute approximate surface area is 94.6 Å². The first-order valence-corrected chi connectivity index (χ1v) is 6.86. The van der Waals surface area contributed by atoms with E-state index < -0.39 is 0 Å². The molecule has 2 fully saturated rings. The van der Waals surface area contributed by atoms with Gasteiger partial charge in [-0.25, -0.2) is 0 Å². The maximum absolute atomic E-state index is 2.74. The van der Waals surface area contributed by atoms with E-state index in [4.69, 9.17) is 0 Å². The molecule has 0 aromatic carbocycles. The summed E-state index contributed by atoms with van der Waals surface area (Å²) in [6.07, 6.45) is 8.50. The Morgan fingerprint density at radius 2 is 1.73 bits per heavy atom. The lowest BCUT2D eigenvalue weighted by Crippen LogP contribution is -2.46. The fourth-order valence-corrected chi connectivity index (χ4v) is 3.11. The molecule has 2 nitrogen and oxygen atoms in total. The molecule has 0 amide bonds. The van der Waals surface area contributed by atoms with E-state index >= 15 is 0 Å². The molecule has 1 unspecified atom stereocenters. The smallest absolute Gasteiger partial charge is 0.0223 e. The van der Waals surface area contributed by atoms with E-state index in [0.29, 0.717) is 0 Å². The fourth-order valence-electron chi connectivity index (χ4n) is 3.11. The van der Waals surface area contributed by atoms with Gasteiger partial charge in [0.25, 0.3) is 0 Å². The van der Waals surface area contributed by atoms with Crippen LogP contribution in [0.25, 0.3) is 0 Å². The van der Waals surface area contributed by atoms with Gasteiger partial charge >= 0.3 is 0 Å². The molecular formula is C13H26N2. The second-order valence-corrected chi connectivity index (χ2v) is 5.19. The quantitative estimate of drug-likeness (QED) is 0.703. The fraction of sp³-hybridized carbons (Fsp3) is 1.00. The normalized spacial score (nSPS) is 29.8. The van der Waals surface area contributed by atoms with Gasteiger partial charge in [-0.1, -0.05) is 13.3 Å². The molecule has 0 saturated carbocycles. The van der Waals surface area contributed by atoms with E-state index in [1.165, 1.54) is 71.2 Å². The summed E-state index contributed by atoms with van der Waals surface area (Å²) in [7, 11) is 0. The van der Waals surface area contributed by atoms with Crippen molar-refractivity contribution in [3.05, 3.63) is 0 Å². The van der Waals surface area contributed by atoms with Crippen molar-refractivity contribution in [2.24, 2.45) is 0 Å². The van der Waals surface area contributed by atoms with Gasteiger partial charge in [0, 0.05) is 12.6 Å². The van der Waals surface area contributed by atoms with E-state index in [1.54, 1.807) is 0 Å². The largest absolute Gasteiger partial charge is 0.302 e. The van der Waals surface area contributed by atoms with Crippen LogP contribution in [0.15, 0.2) is 0 Å². The van der Waals surface area contributed by atoms with E-state index in [0.717, 1.165) is 6.04 Å². The highest BCUT2D eigenvalue weighted by atomic mass is 15.2. The van der Waals surface area contributed by atoms with Crippen LogP contribution in [0.3, 0.4) is 0 Å². The van der Waals surface area contributed by atoms with Crippen molar-refractivity contribution in [3.8, 4) is 0 Å². The second kappa shape index (κ2) is 5.86. The molecule has 2 aliphatic rings. The summed E-state index contributed by atoms with van der Waals surface area (Å²) >= 11 is 0. The number of likely N-dealkylation sites (tertiary alicyclic amines) is 2. The first kappa shape index (κ1) is 11.4. The average Bonchev–Trinajstić information content (AvgIpc) is 2.74. The van der Waals surface area contributed by atoms with Gasteiger partial charge in [-0.3, -0.25) is 4.90 Å². The summed E-state index contributed by atoms with van der Waals surface area (Å²) in [6.45, 7) is 9.04. The van der Waals surface area contributed by atoms with Crippen molar-refractivity contribution in [1.82, 2.24) is 9.80 Å². The van der Waals surface area contributed by atoms with Crippen LogP contribution in [0, 0.1) is 0 Å². The van der Waals surface area contributed by atoms with Gasteiger partial charge in [0.05, 0.1) is 0 Å². The van der Waals surface area contributed by atoms with Gasteiger partial charge in [-0.15, -0.1) is 0 Å². The molecule has 0 bridgehead atoms. The lowest BCUT2D eigenvalue weighted by molar-refractivity contribution is 0.113. The first-order chi connectivity index (χ1) is 7.40. The van der Waals surface area contributed by atoms with E-state index in [9.17, 15) is 0 Å². The van der Waals surface area contributed by atoms with Gasteiger partial charge < -0.3 is 4.90 Å². The van der Waals surface area contributed by atoms with Crippen LogP contribution in [0.2, 0.25) is 0 Å². The summed E-state index contributed by atoms with van der Waals surface area (Å²) in [4.78, 5) is 5.42. The first-order valence-electron chi connectivity index (χ1n) is 6.86. The Bertz CT molecular complexity index is 173. The molecule has 88 valence electrons. The third-order valence-corrected chi connectivity index (χ3v) is 3.93. The van der Waals surface area contributed by atoms with Crippen LogP contribution in [0.5, 0.6) is 0 Å². The molecule has 0 aromatic heterocycles. The van der Waals surface area contributed by atoms with Crippen LogP contribution in [-0.4, -0.2) is 48.6 Å². The van der Waals surface area contributed by atoms with Crippen molar-refractivity contribution in [1.29, 1.82) is 0 Å². The zero-order valence-corrected chi connectivity index (χ0v) is 10.2. The van der Waals surface area contributed by atoms with Crippen LogP contribution in [-0.2, 0) is 0 Å². The Hall–Kier alpha value is -0.0800. The molecule has 0 aliphatic carbocycles. The minimum atomic E-state index is 0.872. The Kier molecular flexibility index (Phi) is 4.45. The van der Waals surface area contributed by atoms with E-state index in [1.807, 2.05) is 0 Å². The van der Waals surface area contributed by atoms with Crippen molar-refractivity contribution < 1.29 is 0 Å². The lowest BCUT2D eigenvalue weighted by Gasteiger charge is -2.37.